The molecule has 0 fully saturated rings. The van der Waals surface area contributed by atoms with Crippen LogP contribution in [-0.2, 0) is 4.79 Å². The summed E-state index contributed by atoms with van der Waals surface area (Å²) in [5, 5.41) is 10.7. The highest BCUT2D eigenvalue weighted by Crippen LogP contribution is 2.14. The molecule has 0 aliphatic rings. The lowest BCUT2D eigenvalue weighted by Gasteiger charge is -2.15. The molecule has 0 aromatic heterocycles. The van der Waals surface area contributed by atoms with Gasteiger partial charge in [0.05, 0.1) is 4.92 Å². The van der Waals surface area contributed by atoms with E-state index in [2.05, 4.69) is 10.9 Å². The summed E-state index contributed by atoms with van der Waals surface area (Å²) in [6, 6.07) is 12.4. The minimum atomic E-state index is -0.840. The summed E-state index contributed by atoms with van der Waals surface area (Å²) in [6.45, 7) is 3.47. The smallest absolute Gasteiger partial charge is 0.279 e. The number of nitrogens with zero attached hydrogens (tertiary/aromatic N) is 1. The zero-order chi connectivity index (χ0) is 18.4. The third kappa shape index (κ3) is 5.03. The van der Waals surface area contributed by atoms with Crippen molar-refractivity contribution in [2.45, 2.75) is 20.0 Å². The summed E-state index contributed by atoms with van der Waals surface area (Å²) in [6.07, 6.45) is -0.840. The van der Waals surface area contributed by atoms with E-state index < -0.39 is 22.8 Å². The zero-order valence-electron chi connectivity index (χ0n) is 13.7. The van der Waals surface area contributed by atoms with Gasteiger partial charge in [0, 0.05) is 17.7 Å². The first-order valence-electron chi connectivity index (χ1n) is 7.45. The van der Waals surface area contributed by atoms with Crippen LogP contribution in [0.3, 0.4) is 0 Å². The second-order valence-corrected chi connectivity index (χ2v) is 5.32. The Labute approximate surface area is 143 Å². The lowest BCUT2D eigenvalue weighted by molar-refractivity contribution is -0.384. The minimum absolute atomic E-state index is 0.0570. The van der Waals surface area contributed by atoms with Gasteiger partial charge >= 0.3 is 0 Å². The third-order valence-corrected chi connectivity index (χ3v) is 3.32. The fourth-order valence-corrected chi connectivity index (χ4v) is 1.93. The highest BCUT2D eigenvalue weighted by molar-refractivity contribution is 5.96. The van der Waals surface area contributed by atoms with Crippen LogP contribution in [0.4, 0.5) is 5.69 Å². The van der Waals surface area contributed by atoms with Crippen molar-refractivity contribution in [2.75, 3.05) is 0 Å². The normalized spacial score (nSPS) is 11.3. The van der Waals surface area contributed by atoms with Gasteiger partial charge in [-0.05, 0) is 32.0 Å². The average molecular weight is 343 g/mol. The lowest BCUT2D eigenvalue weighted by atomic mass is 10.2. The van der Waals surface area contributed by atoms with Crippen molar-refractivity contribution in [2.24, 2.45) is 0 Å². The Morgan fingerprint density at radius 1 is 1.12 bits per heavy atom. The van der Waals surface area contributed by atoms with Crippen LogP contribution < -0.4 is 15.6 Å². The molecule has 25 heavy (non-hydrogen) atoms. The number of carbonyl (C=O) groups is 2. The predicted octanol–water partition coefficient (Wildman–Crippen LogP) is 2.13. The molecule has 2 N–H and O–H groups in total. The van der Waals surface area contributed by atoms with Crippen molar-refractivity contribution in [3.05, 3.63) is 69.8 Å². The monoisotopic (exact) mass is 343 g/mol. The van der Waals surface area contributed by atoms with E-state index >= 15 is 0 Å². The minimum Gasteiger partial charge on any atom is -0.481 e. The summed E-state index contributed by atoms with van der Waals surface area (Å²) in [5.41, 5.74) is 5.33. The second-order valence-electron chi connectivity index (χ2n) is 5.32. The lowest BCUT2D eigenvalue weighted by Crippen LogP contribution is -2.47. The van der Waals surface area contributed by atoms with Crippen LogP contribution in [-0.4, -0.2) is 22.8 Å². The number of aryl methyl sites for hydroxylation is 1. The van der Waals surface area contributed by atoms with E-state index in [1.165, 1.54) is 25.1 Å². The first kappa shape index (κ1) is 17.9. The number of nitrogens with one attached hydrogen (secondary N) is 2. The number of non-ortho nitro benzene ring substituents is 1. The molecule has 0 heterocycles. The number of amides is 2. The van der Waals surface area contributed by atoms with Crippen LogP contribution in [0.5, 0.6) is 5.75 Å². The highest BCUT2D eigenvalue weighted by atomic mass is 16.6. The van der Waals surface area contributed by atoms with Crippen LogP contribution in [0.1, 0.15) is 22.8 Å². The van der Waals surface area contributed by atoms with Gasteiger partial charge in [-0.2, -0.15) is 0 Å². The van der Waals surface area contributed by atoms with Gasteiger partial charge in [0.1, 0.15) is 5.75 Å². The number of hydrogen-bond donors (Lipinski definition) is 2. The number of hydrogen-bond acceptors (Lipinski definition) is 5. The quantitative estimate of drug-likeness (QED) is 0.638. The van der Waals surface area contributed by atoms with Crippen molar-refractivity contribution in [1.29, 1.82) is 0 Å². The third-order valence-electron chi connectivity index (χ3n) is 3.32. The molecule has 2 aromatic carbocycles. The molecule has 0 aliphatic carbocycles. The molecule has 0 bridgehead atoms. The van der Waals surface area contributed by atoms with E-state index in [0.717, 1.165) is 11.6 Å². The fraction of sp³-hybridized carbons (Fsp3) is 0.176. The molecule has 0 unspecified atom stereocenters. The number of nitro groups is 1. The van der Waals surface area contributed by atoms with E-state index in [4.69, 9.17) is 4.74 Å². The second kappa shape index (κ2) is 7.91. The zero-order valence-corrected chi connectivity index (χ0v) is 13.7. The maximum absolute atomic E-state index is 12.0. The number of nitro benzene ring substituents is 1. The molecule has 8 nitrogen and oxygen atoms in total. The average Bonchev–Trinajstić information content (AvgIpc) is 2.61. The Bertz CT molecular complexity index is 789. The molecule has 2 aromatic rings. The van der Waals surface area contributed by atoms with Crippen molar-refractivity contribution >= 4 is 17.5 Å². The molecule has 2 rings (SSSR count). The number of rotatable bonds is 5. The predicted molar refractivity (Wildman–Crippen MR) is 90.0 cm³/mol. The summed E-state index contributed by atoms with van der Waals surface area (Å²) in [5.74, 6) is -0.697. The Hall–Kier alpha value is -3.42. The first-order valence-corrected chi connectivity index (χ1v) is 7.45. The van der Waals surface area contributed by atoms with E-state index in [0.29, 0.717) is 5.75 Å². The topological polar surface area (TPSA) is 111 Å². The van der Waals surface area contributed by atoms with E-state index in [-0.39, 0.29) is 11.3 Å². The fourth-order valence-electron chi connectivity index (χ4n) is 1.93. The highest BCUT2D eigenvalue weighted by Gasteiger charge is 2.17. The largest absolute Gasteiger partial charge is 0.481 e. The Morgan fingerprint density at radius 2 is 1.80 bits per heavy atom. The first-order chi connectivity index (χ1) is 11.9. The molecule has 130 valence electrons. The van der Waals surface area contributed by atoms with Crippen molar-refractivity contribution in [3.63, 3.8) is 0 Å². The van der Waals surface area contributed by atoms with Gasteiger partial charge in [0.25, 0.3) is 17.5 Å². The molecular formula is C17H17N3O5. The maximum Gasteiger partial charge on any atom is 0.279 e. The summed E-state index contributed by atoms with van der Waals surface area (Å²) >= 11 is 0. The van der Waals surface area contributed by atoms with Crippen molar-refractivity contribution < 1.29 is 19.2 Å². The van der Waals surface area contributed by atoms with Crippen molar-refractivity contribution in [1.82, 2.24) is 10.9 Å². The van der Waals surface area contributed by atoms with Crippen LogP contribution in [0.15, 0.2) is 48.5 Å². The van der Waals surface area contributed by atoms with Gasteiger partial charge in [-0.25, -0.2) is 0 Å². The summed E-state index contributed by atoms with van der Waals surface area (Å²) in [7, 11) is 0. The molecule has 0 spiro atoms. The van der Waals surface area contributed by atoms with E-state index in [1.54, 1.807) is 12.1 Å². The van der Waals surface area contributed by atoms with Crippen LogP contribution in [0, 0.1) is 17.0 Å². The van der Waals surface area contributed by atoms with E-state index in [1.807, 2.05) is 19.1 Å². The number of ether oxygens (including phenoxy) is 1. The van der Waals surface area contributed by atoms with Crippen LogP contribution in [0.25, 0.3) is 0 Å². The van der Waals surface area contributed by atoms with Gasteiger partial charge in [-0.15, -0.1) is 0 Å². The maximum atomic E-state index is 12.0. The van der Waals surface area contributed by atoms with Gasteiger partial charge < -0.3 is 4.74 Å². The molecular weight excluding hydrogens is 326 g/mol. The van der Waals surface area contributed by atoms with E-state index in [9.17, 15) is 19.7 Å². The van der Waals surface area contributed by atoms with Crippen molar-refractivity contribution in [3.8, 4) is 5.75 Å². The van der Waals surface area contributed by atoms with Gasteiger partial charge in [0.15, 0.2) is 6.10 Å². The Balaban J connectivity index is 1.90. The molecule has 0 radical (unpaired) electrons. The van der Waals surface area contributed by atoms with Gasteiger partial charge in [-0.3, -0.25) is 30.6 Å². The number of benzene rings is 2. The summed E-state index contributed by atoms with van der Waals surface area (Å²) in [4.78, 5) is 34.0. The molecule has 0 aliphatic heterocycles. The number of carbonyl (C=O) groups excluding carboxylic acids is 2. The van der Waals surface area contributed by atoms with Crippen LogP contribution in [0.2, 0.25) is 0 Å². The van der Waals surface area contributed by atoms with Gasteiger partial charge in [0.2, 0.25) is 0 Å². The molecule has 0 saturated carbocycles. The van der Waals surface area contributed by atoms with Crippen LogP contribution >= 0.6 is 0 Å². The SMILES string of the molecule is Cc1ccc(O[C@@H](C)C(=O)NNC(=O)c2cccc([N+](=O)[O-])c2)cc1. The summed E-state index contributed by atoms with van der Waals surface area (Å²) < 4.78 is 5.47. The number of hydrazine groups is 1. The van der Waals surface area contributed by atoms with Gasteiger partial charge in [-0.1, -0.05) is 23.8 Å². The standard InChI is InChI=1S/C17H17N3O5/c1-11-6-8-15(9-7-11)25-12(2)16(21)18-19-17(22)13-4-3-5-14(10-13)20(23)24/h3-10,12H,1-2H3,(H,18,21)(H,19,22)/t12-/m0/s1. The Kier molecular flexibility index (Phi) is 5.67. The Morgan fingerprint density at radius 3 is 2.44 bits per heavy atom. The molecule has 8 heteroatoms. The molecule has 2 amide bonds. The molecule has 1 atom stereocenters. The molecule has 0 saturated heterocycles.